The van der Waals surface area contributed by atoms with E-state index in [9.17, 15) is 28.0 Å². The number of hydrogen-bond donors (Lipinski definition) is 3. The number of aliphatic carboxylic acids is 1. The van der Waals surface area contributed by atoms with Crippen molar-refractivity contribution in [3.8, 4) is 0 Å². The summed E-state index contributed by atoms with van der Waals surface area (Å²) in [4.78, 5) is 57.9. The van der Waals surface area contributed by atoms with Crippen molar-refractivity contribution in [3.63, 3.8) is 0 Å². The average Bonchev–Trinajstić information content (AvgIpc) is 3.84. The molecule has 3 heterocycles. The third-order valence-corrected chi connectivity index (χ3v) is 8.59. The number of nitrogens with one attached hydrogen (secondary N) is 2. The number of carboxylic acids is 1. The van der Waals surface area contributed by atoms with Gasteiger partial charge in [-0.3, -0.25) is 24.8 Å². The summed E-state index contributed by atoms with van der Waals surface area (Å²) < 4.78 is 34.7. The third kappa shape index (κ3) is 22.0. The number of nitrogens with two attached hydrogens (primary N) is 1. The number of allylic oxidation sites excluding steroid dienone is 1. The number of aldehydes is 1. The average molecular weight is 896 g/mol. The first-order valence-electron chi connectivity index (χ1n) is 15.1. The molecule has 1 aliphatic rings. The van der Waals surface area contributed by atoms with Crippen molar-refractivity contribution < 1.29 is 76.9 Å². The maximum Gasteiger partial charge on any atom is 1.00 e. The van der Waals surface area contributed by atoms with Gasteiger partial charge in [0.05, 0.1) is 34.6 Å². The van der Waals surface area contributed by atoms with Crippen LogP contribution in [0.3, 0.4) is 0 Å². The zero-order valence-corrected chi connectivity index (χ0v) is 35.6. The van der Waals surface area contributed by atoms with Gasteiger partial charge < -0.3 is 30.4 Å². The van der Waals surface area contributed by atoms with Gasteiger partial charge in [0.2, 0.25) is 0 Å². The zero-order valence-electron chi connectivity index (χ0n) is 30.4. The Morgan fingerprint density at radius 1 is 0.931 bits per heavy atom. The van der Waals surface area contributed by atoms with Crippen LogP contribution in [0.15, 0.2) is 87.7 Å². The number of nitrogen functional groups attached to an aromatic ring is 1. The van der Waals surface area contributed by atoms with Gasteiger partial charge in [-0.05, 0) is 74.0 Å². The largest absolute Gasteiger partial charge is 1.00 e. The summed E-state index contributed by atoms with van der Waals surface area (Å²) in [5, 5.41) is 23.2. The molecule has 0 aliphatic carbocycles. The van der Waals surface area contributed by atoms with Gasteiger partial charge in [0.25, 0.3) is 0 Å². The van der Waals surface area contributed by atoms with Crippen LogP contribution in [0.4, 0.5) is 8.78 Å². The fourth-order valence-electron chi connectivity index (χ4n) is 3.84. The quantitative estimate of drug-likeness (QED) is 0.0553. The van der Waals surface area contributed by atoms with Crippen molar-refractivity contribution in [2.75, 3.05) is 14.2 Å². The van der Waals surface area contributed by atoms with Crippen LogP contribution < -0.4 is 45.7 Å². The van der Waals surface area contributed by atoms with Gasteiger partial charge in [0.1, 0.15) is 41.6 Å². The smallest absolute Gasteiger partial charge is 0.550 e. The van der Waals surface area contributed by atoms with Crippen LogP contribution >= 0.6 is 45.9 Å². The van der Waals surface area contributed by atoms with E-state index >= 15 is 0 Å². The summed E-state index contributed by atoms with van der Waals surface area (Å²) in [6.07, 6.45) is 0.471. The minimum atomic E-state index is -1.08. The van der Waals surface area contributed by atoms with Gasteiger partial charge >= 0.3 is 41.5 Å². The third-order valence-electron chi connectivity index (χ3n) is 6.16. The molecule has 58 heavy (non-hydrogen) atoms. The van der Waals surface area contributed by atoms with Gasteiger partial charge in [-0.2, -0.15) is 0 Å². The van der Waals surface area contributed by atoms with Crippen LogP contribution in [0.1, 0.15) is 81.2 Å². The number of thiophene rings is 2. The van der Waals surface area contributed by atoms with Crippen molar-refractivity contribution in [2.45, 2.75) is 55.5 Å². The van der Waals surface area contributed by atoms with Crippen LogP contribution in [0.25, 0.3) is 0 Å². The zero-order chi connectivity index (χ0) is 41.0. The number of ketones is 1. The van der Waals surface area contributed by atoms with E-state index in [2.05, 4.69) is 15.0 Å². The predicted molar refractivity (Wildman–Crippen MR) is 223 cm³/mol. The Bertz CT molecular complexity index is 1980. The minimum Gasteiger partial charge on any atom is -0.550 e. The molecule has 0 radical (unpaired) electrons. The molecule has 0 saturated heterocycles. The topological polar surface area (TPSA) is 201 Å². The predicted octanol–water partition coefficient (Wildman–Crippen LogP) is 5.21. The summed E-state index contributed by atoms with van der Waals surface area (Å²) in [5.74, 6) is -2.31. The number of methoxy groups -OCH3 is 2. The number of aliphatic imine (C=N–C) groups is 1. The number of carbonyl (C=O) groups excluding carboxylic acids is 5. The van der Waals surface area contributed by atoms with E-state index in [4.69, 9.17) is 49.0 Å². The molecule has 0 amide bonds. The fraction of sp³-hybridized carbons (Fsp3) is 0.256. The SMILES string of the molecule is C.C.C.CC(=O)[O-].COC(=O)C1=C(C)NC(c2cccs2)=NC1c1ccc(F)cc1Cl.COC(=O)CC(C)=O.N=C(N)c1cccs1.O=Cc1ccc(F)cc1Cl.[Na+]. The molecule has 1 atom stereocenters. The normalized spacial score (nSPS) is 11.6. The monoisotopic (exact) mass is 894 g/mol. The molecular weight excluding hydrogens is 848 g/mol. The Morgan fingerprint density at radius 3 is 1.84 bits per heavy atom. The van der Waals surface area contributed by atoms with Crippen LogP contribution in [-0.2, 0) is 28.7 Å². The van der Waals surface area contributed by atoms with Crippen LogP contribution in [0.2, 0.25) is 10.0 Å². The van der Waals surface area contributed by atoms with Crippen LogP contribution in [-0.4, -0.2) is 55.9 Å². The number of nitrogens with zero attached hydrogens (tertiary/aromatic N) is 1. The summed E-state index contributed by atoms with van der Waals surface area (Å²) in [6.45, 7) is 4.09. The first-order chi connectivity index (χ1) is 25.4. The Kier molecular flexibility index (Phi) is 33.0. The molecule has 2 aromatic heterocycles. The molecule has 1 unspecified atom stereocenters. The summed E-state index contributed by atoms with van der Waals surface area (Å²) in [7, 11) is 2.57. The number of carboxylic acid groups (broad SMARTS) is 1. The van der Waals surface area contributed by atoms with Crippen LogP contribution in [0.5, 0.6) is 0 Å². The second kappa shape index (κ2) is 31.7. The molecule has 312 valence electrons. The minimum absolute atomic E-state index is 0. The molecular formula is C39H47Cl2F2N4NaO8S2. The number of hydrogen-bond acceptors (Lipinski definition) is 13. The number of Topliss-reactive ketones (excluding diaryl/α,β-unsaturated/α-hetero) is 1. The molecule has 1 aliphatic heterocycles. The molecule has 4 aromatic rings. The second-order valence-corrected chi connectivity index (χ2v) is 13.0. The van der Waals surface area contributed by atoms with Crippen molar-refractivity contribution >= 4 is 87.5 Å². The van der Waals surface area contributed by atoms with Gasteiger partial charge in [-0.1, -0.05) is 63.7 Å². The van der Waals surface area contributed by atoms with E-state index in [1.54, 1.807) is 13.0 Å². The van der Waals surface area contributed by atoms with E-state index < -0.39 is 35.6 Å². The standard InChI is InChI=1S/C17H14ClFN2O2S.C7H4ClFO.C5H6N2S.C5H8O3.C2H4O2.3CH4.Na/c1-9-14(17(22)23-2)15(11-6-5-10(19)8-12(11)18)21-16(20-9)13-4-3-7-24-13;8-7-3-6(9)2-1-5(7)4-10;6-5(7)4-2-1-3-8-4;1-4(6)3-5(7)8-2;1-2(3)4;;;;/h3-8,15H,1-2H3,(H,20,21);1-4H;1-3H,(H3,6,7);3H2,1-2H3;1H3,(H,3,4);3*1H4;/q;;;;;;;;+1/p-1. The van der Waals surface area contributed by atoms with E-state index in [1.807, 2.05) is 35.0 Å². The Labute approximate surface area is 378 Å². The summed E-state index contributed by atoms with van der Waals surface area (Å²) >= 11 is 14.7. The maximum absolute atomic E-state index is 13.4. The second-order valence-electron chi connectivity index (χ2n) is 10.3. The van der Waals surface area contributed by atoms with Crippen molar-refractivity contribution in [2.24, 2.45) is 10.7 Å². The molecule has 2 aromatic carbocycles. The number of amidine groups is 2. The number of benzene rings is 2. The van der Waals surface area contributed by atoms with Crippen molar-refractivity contribution in [1.82, 2.24) is 5.32 Å². The molecule has 0 fully saturated rings. The van der Waals surface area contributed by atoms with Gasteiger partial charge in [0, 0.05) is 27.8 Å². The Morgan fingerprint density at radius 2 is 1.47 bits per heavy atom. The van der Waals surface area contributed by atoms with Crippen molar-refractivity contribution in [1.29, 1.82) is 5.41 Å². The maximum atomic E-state index is 13.4. The number of ether oxygens (including phenoxy) is 2. The number of esters is 2. The summed E-state index contributed by atoms with van der Waals surface area (Å²) in [6, 6.07) is 14.6. The molecule has 0 spiro atoms. The number of carbonyl (C=O) groups is 5. The van der Waals surface area contributed by atoms with Gasteiger partial charge in [-0.15, -0.1) is 22.7 Å². The number of halogens is 4. The Balaban J connectivity index is -0.000000359. The number of rotatable bonds is 7. The van der Waals surface area contributed by atoms with Gasteiger partial charge in [0.15, 0.2) is 6.29 Å². The fourth-order valence-corrected chi connectivity index (χ4v) is 5.59. The molecule has 12 nitrogen and oxygen atoms in total. The van der Waals surface area contributed by atoms with E-state index in [1.165, 1.54) is 68.1 Å². The molecule has 5 rings (SSSR count). The van der Waals surface area contributed by atoms with E-state index in [-0.39, 0.29) is 79.9 Å². The molecule has 4 N–H and O–H groups in total. The van der Waals surface area contributed by atoms with Crippen molar-refractivity contribution in [3.05, 3.63) is 125 Å². The Hall–Kier alpha value is -4.29. The van der Waals surface area contributed by atoms with E-state index in [0.717, 1.165) is 22.7 Å². The van der Waals surface area contributed by atoms with Crippen LogP contribution in [0, 0.1) is 17.0 Å². The molecule has 0 saturated carbocycles. The summed E-state index contributed by atoms with van der Waals surface area (Å²) in [5.41, 5.74) is 6.99. The molecule has 19 heteroatoms. The first-order valence-corrected chi connectivity index (χ1v) is 17.6. The van der Waals surface area contributed by atoms with Gasteiger partial charge in [-0.25, -0.2) is 13.6 Å². The van der Waals surface area contributed by atoms with E-state index in [0.29, 0.717) is 34.5 Å². The molecule has 0 bridgehead atoms. The first kappa shape index (κ1) is 60.4.